The molecule has 1 heterocycles. The molecule has 21 heavy (non-hydrogen) atoms. The van der Waals surface area contributed by atoms with E-state index in [1.54, 1.807) is 11.9 Å². The molecule has 1 amide bonds. The molecule has 1 aromatic carbocycles. The Morgan fingerprint density at radius 1 is 1.38 bits per heavy atom. The third-order valence-electron chi connectivity index (χ3n) is 3.77. The number of carbonyl (C=O) groups excluding carboxylic acids is 1. The summed E-state index contributed by atoms with van der Waals surface area (Å²) in [5, 5.41) is 0. The average molecular weight is 293 g/mol. The van der Waals surface area contributed by atoms with Gasteiger partial charge < -0.3 is 25.8 Å². The van der Waals surface area contributed by atoms with E-state index in [1.165, 1.54) is 0 Å². The second kappa shape index (κ2) is 6.78. The number of amides is 1. The van der Waals surface area contributed by atoms with Gasteiger partial charge in [0.25, 0.3) is 0 Å². The van der Waals surface area contributed by atoms with Gasteiger partial charge in [0.05, 0.1) is 6.04 Å². The maximum atomic E-state index is 12.2. The van der Waals surface area contributed by atoms with E-state index in [4.69, 9.17) is 20.9 Å². The molecule has 0 saturated carbocycles. The van der Waals surface area contributed by atoms with E-state index in [-0.39, 0.29) is 18.7 Å². The van der Waals surface area contributed by atoms with E-state index in [1.807, 2.05) is 25.1 Å². The SMILES string of the molecule is CC(Cc1ccc2c(c1)OCO2)N(C)C(=O)C(N)CCN. The number of ether oxygens (including phenoxy) is 2. The molecule has 1 aliphatic rings. The summed E-state index contributed by atoms with van der Waals surface area (Å²) in [6.07, 6.45) is 1.23. The van der Waals surface area contributed by atoms with Crippen LogP contribution < -0.4 is 20.9 Å². The fourth-order valence-electron chi connectivity index (χ4n) is 2.33. The van der Waals surface area contributed by atoms with Gasteiger partial charge in [-0.2, -0.15) is 0 Å². The van der Waals surface area contributed by atoms with Crippen molar-refractivity contribution in [1.82, 2.24) is 4.90 Å². The van der Waals surface area contributed by atoms with Gasteiger partial charge in [0, 0.05) is 13.1 Å². The summed E-state index contributed by atoms with van der Waals surface area (Å²) >= 11 is 0. The van der Waals surface area contributed by atoms with Crippen molar-refractivity contribution >= 4 is 5.91 Å². The smallest absolute Gasteiger partial charge is 0.239 e. The molecule has 0 fully saturated rings. The van der Waals surface area contributed by atoms with Gasteiger partial charge in [-0.15, -0.1) is 0 Å². The number of nitrogens with two attached hydrogens (primary N) is 2. The highest BCUT2D eigenvalue weighted by molar-refractivity contribution is 5.81. The van der Waals surface area contributed by atoms with E-state index in [0.717, 1.165) is 23.5 Å². The van der Waals surface area contributed by atoms with Crippen LogP contribution in [0.2, 0.25) is 0 Å². The molecule has 2 unspecified atom stereocenters. The van der Waals surface area contributed by atoms with Crippen molar-refractivity contribution in [3.05, 3.63) is 23.8 Å². The Hall–Kier alpha value is -1.79. The Bertz CT molecular complexity index is 507. The summed E-state index contributed by atoms with van der Waals surface area (Å²) in [6, 6.07) is 5.35. The van der Waals surface area contributed by atoms with E-state index < -0.39 is 6.04 Å². The molecule has 0 spiro atoms. The van der Waals surface area contributed by atoms with Gasteiger partial charge in [-0.25, -0.2) is 0 Å². The van der Waals surface area contributed by atoms with E-state index in [2.05, 4.69) is 0 Å². The first kappa shape index (κ1) is 15.6. The molecule has 0 radical (unpaired) electrons. The van der Waals surface area contributed by atoms with Crippen LogP contribution in [0.5, 0.6) is 11.5 Å². The Labute approximate surface area is 125 Å². The van der Waals surface area contributed by atoms with E-state index in [0.29, 0.717) is 13.0 Å². The molecule has 6 nitrogen and oxygen atoms in total. The summed E-state index contributed by atoms with van der Waals surface area (Å²) in [5.74, 6) is 1.45. The van der Waals surface area contributed by atoms with Crippen LogP contribution in [0.25, 0.3) is 0 Å². The van der Waals surface area contributed by atoms with Crippen molar-refractivity contribution in [3.63, 3.8) is 0 Å². The number of hydrogen-bond donors (Lipinski definition) is 2. The van der Waals surface area contributed by atoms with E-state index >= 15 is 0 Å². The number of rotatable bonds is 6. The minimum atomic E-state index is -0.529. The maximum absolute atomic E-state index is 12.2. The molecule has 2 rings (SSSR count). The number of hydrogen-bond acceptors (Lipinski definition) is 5. The summed E-state index contributed by atoms with van der Waals surface area (Å²) in [6.45, 7) is 2.68. The minimum absolute atomic E-state index is 0.0432. The summed E-state index contributed by atoms with van der Waals surface area (Å²) in [7, 11) is 1.77. The van der Waals surface area contributed by atoms with Crippen molar-refractivity contribution in [3.8, 4) is 11.5 Å². The topological polar surface area (TPSA) is 90.8 Å². The molecule has 1 aliphatic heterocycles. The predicted octanol–water partition coefficient (Wildman–Crippen LogP) is 0.481. The van der Waals surface area contributed by atoms with Crippen LogP contribution in [-0.2, 0) is 11.2 Å². The van der Waals surface area contributed by atoms with Gasteiger partial charge >= 0.3 is 0 Å². The molecule has 4 N–H and O–H groups in total. The maximum Gasteiger partial charge on any atom is 0.239 e. The third kappa shape index (κ3) is 3.65. The lowest BCUT2D eigenvalue weighted by atomic mass is 10.0. The Kier molecular flexibility index (Phi) is 5.03. The standard InChI is InChI=1S/C15H23N3O3/c1-10(18(2)15(19)12(17)5-6-16)7-11-3-4-13-14(8-11)21-9-20-13/h3-4,8,10,12H,5-7,9,16-17H2,1-2H3. The van der Waals surface area contributed by atoms with Gasteiger partial charge in [-0.1, -0.05) is 6.07 Å². The van der Waals surface area contributed by atoms with E-state index in [9.17, 15) is 4.79 Å². The van der Waals surface area contributed by atoms with Crippen LogP contribution in [0.3, 0.4) is 0 Å². The van der Waals surface area contributed by atoms with Crippen molar-refractivity contribution in [2.24, 2.45) is 11.5 Å². The lowest BCUT2D eigenvalue weighted by molar-refractivity contribution is -0.133. The van der Waals surface area contributed by atoms with Crippen LogP contribution in [0.1, 0.15) is 18.9 Å². The average Bonchev–Trinajstić information content (AvgIpc) is 2.93. The number of likely N-dealkylation sites (N-methyl/N-ethyl adjacent to an activating group) is 1. The van der Waals surface area contributed by atoms with Crippen LogP contribution in [0.15, 0.2) is 18.2 Å². The first-order chi connectivity index (χ1) is 10.0. The van der Waals surface area contributed by atoms with Gasteiger partial charge in [0.2, 0.25) is 12.7 Å². The molecule has 0 saturated heterocycles. The molecular formula is C15H23N3O3. The van der Waals surface area contributed by atoms with Crippen LogP contribution in [0.4, 0.5) is 0 Å². The molecule has 2 atom stereocenters. The first-order valence-corrected chi connectivity index (χ1v) is 7.13. The Morgan fingerprint density at radius 2 is 2.10 bits per heavy atom. The molecule has 6 heteroatoms. The summed E-state index contributed by atoms with van der Waals surface area (Å²) in [5.41, 5.74) is 12.4. The van der Waals surface area contributed by atoms with Crippen LogP contribution in [-0.4, -0.2) is 43.3 Å². The molecule has 1 aromatic rings. The Morgan fingerprint density at radius 3 is 2.81 bits per heavy atom. The molecule has 0 aliphatic carbocycles. The highest BCUT2D eigenvalue weighted by atomic mass is 16.7. The monoisotopic (exact) mass is 293 g/mol. The van der Waals surface area contributed by atoms with Crippen LogP contribution >= 0.6 is 0 Å². The van der Waals surface area contributed by atoms with Gasteiger partial charge in [-0.3, -0.25) is 4.79 Å². The fourth-order valence-corrected chi connectivity index (χ4v) is 2.33. The number of fused-ring (bicyclic) bond motifs is 1. The second-order valence-corrected chi connectivity index (χ2v) is 5.37. The van der Waals surface area contributed by atoms with Crippen molar-refractivity contribution in [2.45, 2.75) is 31.8 Å². The number of benzene rings is 1. The highest BCUT2D eigenvalue weighted by Crippen LogP contribution is 2.32. The van der Waals surface area contributed by atoms with Gasteiger partial charge in [-0.05, 0) is 44.0 Å². The zero-order valence-electron chi connectivity index (χ0n) is 12.5. The largest absolute Gasteiger partial charge is 0.454 e. The van der Waals surface area contributed by atoms with Crippen molar-refractivity contribution in [2.75, 3.05) is 20.4 Å². The van der Waals surface area contributed by atoms with Crippen molar-refractivity contribution in [1.29, 1.82) is 0 Å². The predicted molar refractivity (Wildman–Crippen MR) is 80.1 cm³/mol. The van der Waals surface area contributed by atoms with Gasteiger partial charge in [0.15, 0.2) is 11.5 Å². The van der Waals surface area contributed by atoms with Crippen molar-refractivity contribution < 1.29 is 14.3 Å². The summed E-state index contributed by atoms with van der Waals surface area (Å²) < 4.78 is 10.6. The first-order valence-electron chi connectivity index (χ1n) is 7.13. The van der Waals surface area contributed by atoms with Gasteiger partial charge in [0.1, 0.15) is 0 Å². The fraction of sp³-hybridized carbons (Fsp3) is 0.533. The molecule has 0 bridgehead atoms. The zero-order valence-corrected chi connectivity index (χ0v) is 12.5. The molecule has 116 valence electrons. The lowest BCUT2D eigenvalue weighted by Gasteiger charge is -2.27. The lowest BCUT2D eigenvalue weighted by Crippen LogP contribution is -2.47. The summed E-state index contributed by atoms with van der Waals surface area (Å²) in [4.78, 5) is 13.8. The normalized spacial score (nSPS) is 15.6. The van der Waals surface area contributed by atoms with Crippen LogP contribution in [0, 0.1) is 0 Å². The number of carbonyl (C=O) groups is 1. The highest BCUT2D eigenvalue weighted by Gasteiger charge is 2.22. The molecule has 0 aromatic heterocycles. The zero-order chi connectivity index (χ0) is 15.4. The Balaban J connectivity index is 1.97. The third-order valence-corrected chi connectivity index (χ3v) is 3.77. The molecular weight excluding hydrogens is 270 g/mol. The minimum Gasteiger partial charge on any atom is -0.454 e. The second-order valence-electron chi connectivity index (χ2n) is 5.37. The quantitative estimate of drug-likeness (QED) is 0.796. The number of nitrogens with zero attached hydrogens (tertiary/aromatic N) is 1.